The van der Waals surface area contributed by atoms with Gasteiger partial charge in [0.05, 0.1) is 12.8 Å². The van der Waals surface area contributed by atoms with Crippen molar-refractivity contribution in [2.24, 2.45) is 5.92 Å². The Hall–Kier alpha value is -1.70. The van der Waals surface area contributed by atoms with Gasteiger partial charge in [-0.3, -0.25) is 0 Å². The molecule has 21 heavy (non-hydrogen) atoms. The zero-order valence-electron chi connectivity index (χ0n) is 11.3. The molecule has 2 heterocycles. The number of alkyl halides is 3. The average molecular weight is 306 g/mol. The lowest BCUT2D eigenvalue weighted by Crippen LogP contribution is -2.48. The van der Waals surface area contributed by atoms with Crippen LogP contribution in [-0.4, -0.2) is 41.4 Å². The molecule has 0 bridgehead atoms. The van der Waals surface area contributed by atoms with Crippen LogP contribution in [0.25, 0.3) is 0 Å². The molecule has 1 saturated heterocycles. The normalized spacial score (nSPS) is 18.6. The Morgan fingerprint density at radius 3 is 2.67 bits per heavy atom. The van der Waals surface area contributed by atoms with E-state index in [2.05, 4.69) is 5.32 Å². The van der Waals surface area contributed by atoms with Crippen LogP contribution in [-0.2, 0) is 6.54 Å². The highest BCUT2D eigenvalue weighted by atomic mass is 19.4. The van der Waals surface area contributed by atoms with E-state index >= 15 is 0 Å². The predicted molar refractivity (Wildman–Crippen MR) is 67.3 cm³/mol. The number of amides is 2. The van der Waals surface area contributed by atoms with Gasteiger partial charge in [0.25, 0.3) is 0 Å². The number of likely N-dealkylation sites (tertiary alicyclic amines) is 1. The molecule has 2 N–H and O–H groups in total. The average Bonchev–Trinajstić information content (AvgIpc) is 2.96. The molecular formula is C13H17F3N2O3. The van der Waals surface area contributed by atoms with Crippen LogP contribution in [0.15, 0.2) is 22.8 Å². The number of nitrogens with zero attached hydrogens (tertiary/aromatic N) is 1. The molecule has 0 radical (unpaired) electrons. The van der Waals surface area contributed by atoms with Gasteiger partial charge in [0, 0.05) is 13.1 Å². The first-order chi connectivity index (χ1) is 9.88. The molecule has 8 heteroatoms. The molecule has 0 spiro atoms. The van der Waals surface area contributed by atoms with Gasteiger partial charge < -0.3 is 19.7 Å². The fourth-order valence-corrected chi connectivity index (χ4v) is 2.37. The Labute approximate surface area is 119 Å². The lowest BCUT2D eigenvalue weighted by molar-refractivity contribution is -0.222. The van der Waals surface area contributed by atoms with Gasteiger partial charge in [-0.2, -0.15) is 13.2 Å². The largest absolute Gasteiger partial charge is 0.467 e. The van der Waals surface area contributed by atoms with Crippen LogP contribution in [0.5, 0.6) is 0 Å². The van der Waals surface area contributed by atoms with Crippen molar-refractivity contribution < 1.29 is 27.5 Å². The first-order valence-corrected chi connectivity index (χ1v) is 6.68. The molecule has 1 aromatic heterocycles. The fourth-order valence-electron chi connectivity index (χ4n) is 2.37. The van der Waals surface area contributed by atoms with E-state index < -0.39 is 18.2 Å². The number of carbonyl (C=O) groups is 1. The van der Waals surface area contributed by atoms with Crippen LogP contribution < -0.4 is 5.32 Å². The second kappa shape index (κ2) is 6.38. The van der Waals surface area contributed by atoms with Crippen molar-refractivity contribution in [3.05, 3.63) is 24.2 Å². The molecule has 5 nitrogen and oxygen atoms in total. The number of hydrogen-bond acceptors (Lipinski definition) is 3. The zero-order valence-corrected chi connectivity index (χ0v) is 11.3. The maximum absolute atomic E-state index is 12.4. The van der Waals surface area contributed by atoms with Crippen LogP contribution in [0.1, 0.15) is 18.6 Å². The summed E-state index contributed by atoms with van der Waals surface area (Å²) >= 11 is 0. The molecule has 0 aliphatic carbocycles. The molecule has 118 valence electrons. The third-order valence-corrected chi connectivity index (χ3v) is 3.60. The first kappa shape index (κ1) is 15.7. The highest BCUT2D eigenvalue weighted by molar-refractivity contribution is 5.74. The highest BCUT2D eigenvalue weighted by Gasteiger charge is 2.44. The van der Waals surface area contributed by atoms with E-state index in [-0.39, 0.29) is 38.5 Å². The molecule has 1 aromatic rings. The summed E-state index contributed by atoms with van der Waals surface area (Å²) in [4.78, 5) is 13.3. The topological polar surface area (TPSA) is 65.7 Å². The van der Waals surface area contributed by atoms with Crippen molar-refractivity contribution in [1.29, 1.82) is 0 Å². The zero-order chi connectivity index (χ0) is 15.5. The van der Waals surface area contributed by atoms with Crippen LogP contribution in [0.4, 0.5) is 18.0 Å². The van der Waals surface area contributed by atoms with E-state index in [0.29, 0.717) is 5.76 Å². The minimum atomic E-state index is -4.60. The number of rotatable bonds is 3. The van der Waals surface area contributed by atoms with E-state index in [4.69, 9.17) is 4.42 Å². The SMILES string of the molecule is O=C(NCc1ccco1)N1CCC(C(O)C(F)(F)F)CC1. The number of piperidine rings is 1. The first-order valence-electron chi connectivity index (χ1n) is 6.68. The van der Waals surface area contributed by atoms with E-state index in [1.807, 2.05) is 0 Å². The summed E-state index contributed by atoms with van der Waals surface area (Å²) in [5.74, 6) is -0.246. The number of urea groups is 1. The lowest BCUT2D eigenvalue weighted by Gasteiger charge is -2.34. The van der Waals surface area contributed by atoms with Crippen molar-refractivity contribution >= 4 is 6.03 Å². The number of aliphatic hydroxyl groups is 1. The summed E-state index contributed by atoms with van der Waals surface area (Å²) in [6, 6.07) is 3.07. The van der Waals surface area contributed by atoms with Gasteiger partial charge in [-0.1, -0.05) is 0 Å². The van der Waals surface area contributed by atoms with Gasteiger partial charge in [0.2, 0.25) is 0 Å². The third kappa shape index (κ3) is 4.13. The van der Waals surface area contributed by atoms with E-state index in [9.17, 15) is 23.1 Å². The molecular weight excluding hydrogens is 289 g/mol. The third-order valence-electron chi connectivity index (χ3n) is 3.60. The summed E-state index contributed by atoms with van der Waals surface area (Å²) < 4.78 is 42.3. The number of carbonyl (C=O) groups excluding carboxylic acids is 1. The predicted octanol–water partition coefficient (Wildman–Crippen LogP) is 2.12. The molecule has 0 aromatic carbocycles. The van der Waals surface area contributed by atoms with Crippen molar-refractivity contribution in [1.82, 2.24) is 10.2 Å². The van der Waals surface area contributed by atoms with E-state index in [1.165, 1.54) is 11.2 Å². The maximum atomic E-state index is 12.4. The fraction of sp³-hybridized carbons (Fsp3) is 0.615. The van der Waals surface area contributed by atoms with Crippen molar-refractivity contribution in [3.8, 4) is 0 Å². The highest BCUT2D eigenvalue weighted by Crippen LogP contribution is 2.31. The molecule has 1 unspecified atom stereocenters. The summed E-state index contributed by atoms with van der Waals surface area (Å²) in [6.07, 6.45) is -5.16. The minimum absolute atomic E-state index is 0.134. The smallest absolute Gasteiger partial charge is 0.414 e. The number of aliphatic hydroxyl groups excluding tert-OH is 1. The van der Waals surface area contributed by atoms with Crippen LogP contribution >= 0.6 is 0 Å². The molecule has 1 aliphatic rings. The van der Waals surface area contributed by atoms with Crippen molar-refractivity contribution in [3.63, 3.8) is 0 Å². The quantitative estimate of drug-likeness (QED) is 0.899. The maximum Gasteiger partial charge on any atom is 0.414 e. The second-order valence-electron chi connectivity index (χ2n) is 5.05. The molecule has 0 saturated carbocycles. The molecule has 1 aliphatic heterocycles. The summed E-state index contributed by atoms with van der Waals surface area (Å²) in [5.41, 5.74) is 0. The van der Waals surface area contributed by atoms with Crippen molar-refractivity contribution in [2.45, 2.75) is 31.7 Å². The van der Waals surface area contributed by atoms with E-state index in [0.717, 1.165) is 0 Å². The standard InChI is InChI=1S/C13H17F3N2O3/c14-13(15,16)11(19)9-3-5-18(6-4-9)12(20)17-8-10-2-1-7-21-10/h1-2,7,9,11,19H,3-6,8H2,(H,17,20). The van der Waals surface area contributed by atoms with Gasteiger partial charge in [0.15, 0.2) is 6.10 Å². The van der Waals surface area contributed by atoms with E-state index in [1.54, 1.807) is 12.1 Å². The number of hydrogen-bond donors (Lipinski definition) is 2. The summed E-state index contributed by atoms with van der Waals surface area (Å²) in [5, 5.41) is 11.8. The Balaban J connectivity index is 1.77. The van der Waals surface area contributed by atoms with Crippen LogP contribution in [0.3, 0.4) is 0 Å². The second-order valence-corrected chi connectivity index (χ2v) is 5.05. The Bertz CT molecular complexity index is 454. The minimum Gasteiger partial charge on any atom is -0.467 e. The molecule has 2 rings (SSSR count). The molecule has 1 fully saturated rings. The summed E-state index contributed by atoms with van der Waals surface area (Å²) in [7, 11) is 0. The van der Waals surface area contributed by atoms with Gasteiger partial charge in [-0.25, -0.2) is 4.79 Å². The van der Waals surface area contributed by atoms with Gasteiger partial charge in [0.1, 0.15) is 5.76 Å². The Kier molecular flexibility index (Phi) is 4.76. The van der Waals surface area contributed by atoms with Gasteiger partial charge >= 0.3 is 12.2 Å². The van der Waals surface area contributed by atoms with Crippen LogP contribution in [0, 0.1) is 5.92 Å². The van der Waals surface area contributed by atoms with Crippen LogP contribution in [0.2, 0.25) is 0 Å². The molecule has 2 amide bonds. The number of furan rings is 1. The number of nitrogens with one attached hydrogen (secondary N) is 1. The summed E-state index contributed by atoms with van der Waals surface area (Å²) in [6.45, 7) is 0.626. The lowest BCUT2D eigenvalue weighted by atomic mass is 9.91. The Morgan fingerprint density at radius 2 is 2.14 bits per heavy atom. The Morgan fingerprint density at radius 1 is 1.48 bits per heavy atom. The monoisotopic (exact) mass is 306 g/mol. The number of halogens is 3. The van der Waals surface area contributed by atoms with Gasteiger partial charge in [-0.15, -0.1) is 0 Å². The van der Waals surface area contributed by atoms with Crippen molar-refractivity contribution in [2.75, 3.05) is 13.1 Å². The molecule has 1 atom stereocenters. The van der Waals surface area contributed by atoms with Gasteiger partial charge in [-0.05, 0) is 30.9 Å².